The van der Waals surface area contributed by atoms with Crippen molar-refractivity contribution in [3.05, 3.63) is 12.7 Å². The fourth-order valence-electron chi connectivity index (χ4n) is 2.15. The predicted octanol–water partition coefficient (Wildman–Crippen LogP) is 2.88. The van der Waals surface area contributed by atoms with Crippen LogP contribution in [0.15, 0.2) is 12.7 Å². The maximum atomic E-state index is 12.1. The van der Waals surface area contributed by atoms with E-state index in [1.807, 2.05) is 6.08 Å². The Morgan fingerprint density at radius 2 is 1.59 bits per heavy atom. The molecule has 0 N–H and O–H groups in total. The SMILES string of the molecule is C=CCCCCCCCCC(=O)N(CC(C)=O)CC(=O)OC. The second-order valence-corrected chi connectivity index (χ2v) is 5.48. The largest absolute Gasteiger partial charge is 0.468 e. The fourth-order valence-corrected chi connectivity index (χ4v) is 2.15. The standard InChI is InChI=1S/C17H29NO4/c1-4-5-6-7-8-9-10-11-12-16(20)18(13-15(2)19)14-17(21)22-3/h4H,1,5-14H2,2-3H3. The van der Waals surface area contributed by atoms with E-state index in [9.17, 15) is 14.4 Å². The number of carbonyl (C=O) groups excluding carboxylic acids is 3. The molecule has 0 aromatic rings. The number of nitrogens with zero attached hydrogens (tertiary/aromatic N) is 1. The minimum Gasteiger partial charge on any atom is -0.468 e. The Hall–Kier alpha value is -1.65. The van der Waals surface area contributed by atoms with Gasteiger partial charge in [0.15, 0.2) is 0 Å². The van der Waals surface area contributed by atoms with Gasteiger partial charge in [-0.2, -0.15) is 0 Å². The van der Waals surface area contributed by atoms with Gasteiger partial charge >= 0.3 is 5.97 Å². The van der Waals surface area contributed by atoms with E-state index in [4.69, 9.17) is 0 Å². The first-order valence-electron chi connectivity index (χ1n) is 7.96. The number of hydrogen-bond donors (Lipinski definition) is 0. The molecule has 0 saturated carbocycles. The van der Waals surface area contributed by atoms with Crippen LogP contribution in [0.3, 0.4) is 0 Å². The van der Waals surface area contributed by atoms with Crippen LogP contribution in [-0.2, 0) is 19.1 Å². The van der Waals surface area contributed by atoms with Crippen LogP contribution in [0.2, 0.25) is 0 Å². The van der Waals surface area contributed by atoms with Crippen LogP contribution in [0.5, 0.6) is 0 Å². The molecule has 0 unspecified atom stereocenters. The quantitative estimate of drug-likeness (QED) is 0.298. The average Bonchev–Trinajstić information content (AvgIpc) is 2.48. The predicted molar refractivity (Wildman–Crippen MR) is 86.4 cm³/mol. The molecule has 0 rings (SSSR count). The van der Waals surface area contributed by atoms with Gasteiger partial charge in [0.25, 0.3) is 0 Å². The molecule has 0 aliphatic heterocycles. The molecule has 0 radical (unpaired) electrons. The molecule has 0 aromatic carbocycles. The molecule has 0 saturated heterocycles. The Labute approximate surface area is 133 Å². The number of amides is 1. The molecule has 0 heterocycles. The summed E-state index contributed by atoms with van der Waals surface area (Å²) in [6, 6.07) is 0. The second kappa shape index (κ2) is 13.0. The monoisotopic (exact) mass is 311 g/mol. The lowest BCUT2D eigenvalue weighted by Crippen LogP contribution is -2.39. The average molecular weight is 311 g/mol. The van der Waals surface area contributed by atoms with Crippen molar-refractivity contribution in [2.75, 3.05) is 20.2 Å². The zero-order chi connectivity index (χ0) is 16.8. The first-order valence-corrected chi connectivity index (χ1v) is 7.96. The van der Waals surface area contributed by atoms with E-state index in [1.54, 1.807) is 0 Å². The van der Waals surface area contributed by atoms with Crippen molar-refractivity contribution < 1.29 is 19.1 Å². The van der Waals surface area contributed by atoms with Gasteiger partial charge < -0.3 is 9.64 Å². The third-order valence-corrected chi connectivity index (χ3v) is 3.36. The van der Waals surface area contributed by atoms with Crippen molar-refractivity contribution in [2.24, 2.45) is 0 Å². The van der Waals surface area contributed by atoms with Gasteiger partial charge in [0.1, 0.15) is 12.3 Å². The van der Waals surface area contributed by atoms with E-state index in [0.29, 0.717) is 6.42 Å². The highest BCUT2D eigenvalue weighted by Gasteiger charge is 2.18. The Balaban J connectivity index is 3.94. The third-order valence-electron chi connectivity index (χ3n) is 3.36. The molecule has 5 nitrogen and oxygen atoms in total. The molecule has 0 aliphatic carbocycles. The van der Waals surface area contributed by atoms with Crippen LogP contribution in [0, 0.1) is 0 Å². The summed E-state index contributed by atoms with van der Waals surface area (Å²) in [5, 5.41) is 0. The summed E-state index contributed by atoms with van der Waals surface area (Å²) in [6.45, 7) is 4.91. The lowest BCUT2D eigenvalue weighted by molar-refractivity contribution is -0.147. The summed E-state index contributed by atoms with van der Waals surface area (Å²) in [5.41, 5.74) is 0. The molecular weight excluding hydrogens is 282 g/mol. The van der Waals surface area contributed by atoms with E-state index >= 15 is 0 Å². The van der Waals surface area contributed by atoms with Gasteiger partial charge in [0.05, 0.1) is 13.7 Å². The van der Waals surface area contributed by atoms with Gasteiger partial charge in [0, 0.05) is 6.42 Å². The number of methoxy groups -OCH3 is 1. The Kier molecular flexibility index (Phi) is 12.1. The van der Waals surface area contributed by atoms with Crippen LogP contribution in [0.1, 0.15) is 58.3 Å². The van der Waals surface area contributed by atoms with E-state index in [0.717, 1.165) is 25.7 Å². The van der Waals surface area contributed by atoms with Crippen LogP contribution < -0.4 is 0 Å². The summed E-state index contributed by atoms with van der Waals surface area (Å²) in [7, 11) is 1.27. The highest BCUT2D eigenvalue weighted by molar-refractivity contribution is 5.87. The number of rotatable bonds is 13. The van der Waals surface area contributed by atoms with E-state index in [-0.39, 0.29) is 24.8 Å². The Morgan fingerprint density at radius 1 is 1.00 bits per heavy atom. The molecule has 1 amide bonds. The minimum absolute atomic E-state index is 0.0323. The summed E-state index contributed by atoms with van der Waals surface area (Å²) < 4.78 is 4.55. The third kappa shape index (κ3) is 11.1. The second-order valence-electron chi connectivity index (χ2n) is 5.48. The van der Waals surface area contributed by atoms with E-state index in [1.165, 1.54) is 38.2 Å². The summed E-state index contributed by atoms with van der Waals surface area (Å²) in [4.78, 5) is 35.8. The van der Waals surface area contributed by atoms with Gasteiger partial charge in [-0.3, -0.25) is 14.4 Å². The van der Waals surface area contributed by atoms with Crippen molar-refractivity contribution in [1.29, 1.82) is 0 Å². The first kappa shape index (κ1) is 20.3. The number of allylic oxidation sites excluding steroid dienone is 1. The molecule has 126 valence electrons. The number of ketones is 1. The summed E-state index contributed by atoms with van der Waals surface area (Å²) in [5.74, 6) is -0.802. The maximum absolute atomic E-state index is 12.1. The molecule has 0 aliphatic rings. The Morgan fingerprint density at radius 3 is 2.14 bits per heavy atom. The Bertz CT molecular complexity index is 366. The molecule has 0 fully saturated rings. The minimum atomic E-state index is -0.503. The smallest absolute Gasteiger partial charge is 0.325 e. The number of esters is 1. The number of unbranched alkanes of at least 4 members (excludes halogenated alkanes) is 6. The zero-order valence-corrected chi connectivity index (χ0v) is 13.9. The molecule has 22 heavy (non-hydrogen) atoms. The van der Waals surface area contributed by atoms with Crippen LogP contribution in [0.25, 0.3) is 0 Å². The summed E-state index contributed by atoms with van der Waals surface area (Å²) in [6.07, 6.45) is 9.79. The highest BCUT2D eigenvalue weighted by Crippen LogP contribution is 2.10. The highest BCUT2D eigenvalue weighted by atomic mass is 16.5. The van der Waals surface area contributed by atoms with Crippen LogP contribution >= 0.6 is 0 Å². The van der Waals surface area contributed by atoms with Crippen molar-refractivity contribution >= 4 is 17.7 Å². The van der Waals surface area contributed by atoms with Crippen molar-refractivity contribution in [1.82, 2.24) is 4.90 Å². The zero-order valence-electron chi connectivity index (χ0n) is 13.9. The maximum Gasteiger partial charge on any atom is 0.325 e. The van der Waals surface area contributed by atoms with Gasteiger partial charge in [-0.25, -0.2) is 0 Å². The normalized spacial score (nSPS) is 10.1. The van der Waals surface area contributed by atoms with Gasteiger partial charge in [-0.15, -0.1) is 6.58 Å². The molecule has 5 heteroatoms. The molecule has 0 atom stereocenters. The molecule has 0 spiro atoms. The van der Waals surface area contributed by atoms with E-state index in [2.05, 4.69) is 11.3 Å². The fraction of sp³-hybridized carbons (Fsp3) is 0.706. The lowest BCUT2D eigenvalue weighted by atomic mass is 10.1. The molecule has 0 bridgehead atoms. The number of Topliss-reactive ketones (excluding diaryl/α,β-unsaturated/α-hetero) is 1. The molecule has 0 aromatic heterocycles. The number of ether oxygens (including phenoxy) is 1. The lowest BCUT2D eigenvalue weighted by Gasteiger charge is -2.20. The van der Waals surface area contributed by atoms with Gasteiger partial charge in [-0.1, -0.05) is 31.8 Å². The number of carbonyl (C=O) groups is 3. The number of hydrogen-bond acceptors (Lipinski definition) is 4. The van der Waals surface area contributed by atoms with Crippen molar-refractivity contribution in [2.45, 2.75) is 58.3 Å². The van der Waals surface area contributed by atoms with E-state index < -0.39 is 5.97 Å². The molecular formula is C17H29NO4. The van der Waals surface area contributed by atoms with Crippen molar-refractivity contribution in [3.8, 4) is 0 Å². The topological polar surface area (TPSA) is 63.7 Å². The van der Waals surface area contributed by atoms with Gasteiger partial charge in [-0.05, 0) is 26.2 Å². The van der Waals surface area contributed by atoms with Crippen molar-refractivity contribution in [3.63, 3.8) is 0 Å². The van der Waals surface area contributed by atoms with Gasteiger partial charge in [0.2, 0.25) is 5.91 Å². The first-order chi connectivity index (χ1) is 10.5. The summed E-state index contributed by atoms with van der Waals surface area (Å²) >= 11 is 0. The van der Waals surface area contributed by atoms with Crippen LogP contribution in [-0.4, -0.2) is 42.8 Å². The van der Waals surface area contributed by atoms with Crippen LogP contribution in [0.4, 0.5) is 0 Å².